The van der Waals surface area contributed by atoms with Gasteiger partial charge in [0.05, 0.1) is 0 Å². The van der Waals surface area contributed by atoms with Gasteiger partial charge >= 0.3 is 11.9 Å². The number of carboxylic acids is 2. The van der Waals surface area contributed by atoms with E-state index in [1.54, 1.807) is 0 Å². The maximum atomic E-state index is 13.5. The van der Waals surface area contributed by atoms with E-state index in [-0.39, 0.29) is 17.6 Å². The molecule has 206 valence electrons. The molecule has 3 aromatic carbocycles. The predicted molar refractivity (Wildman–Crippen MR) is 148 cm³/mol. The molecule has 6 nitrogen and oxygen atoms in total. The molecule has 1 aliphatic rings. The molecule has 0 aromatic heterocycles. The van der Waals surface area contributed by atoms with E-state index in [2.05, 4.69) is 22.3 Å². The Morgan fingerprint density at radius 1 is 0.821 bits per heavy atom. The lowest BCUT2D eigenvalue weighted by molar-refractivity contribution is -0.134. The zero-order valence-electron chi connectivity index (χ0n) is 21.7. The van der Waals surface area contributed by atoms with E-state index in [0.29, 0.717) is 18.1 Å². The minimum atomic E-state index is -1.26. The van der Waals surface area contributed by atoms with E-state index in [1.165, 1.54) is 30.0 Å². The van der Waals surface area contributed by atoms with Crippen molar-refractivity contribution in [1.29, 1.82) is 0 Å². The Balaban J connectivity index is 0.000000459. The number of likely N-dealkylation sites (tertiary alicyclic amines) is 1. The van der Waals surface area contributed by atoms with E-state index in [0.717, 1.165) is 56.6 Å². The highest BCUT2D eigenvalue weighted by Gasteiger charge is 2.29. The zero-order chi connectivity index (χ0) is 28.0. The molecule has 3 N–H and O–H groups in total. The standard InChI is InChI=1S/C27H30F2N2.C4H4O4/c28-24-11-7-21(8-12-24)27(22-9-13-25(29)14-10-22)23-15-19-31(20-16-23)18-4-17-30-26-5-2-1-3-6-26;5-3(6)1-2-4(7)8/h1-3,5-14,23,27,30H,4,15-20H2;1-2H,(H,5,6)(H,7,8)/b;2-1-. The number of benzene rings is 3. The number of nitrogens with one attached hydrogen (secondary N) is 1. The van der Waals surface area contributed by atoms with Gasteiger partial charge in [-0.3, -0.25) is 0 Å². The van der Waals surface area contributed by atoms with Crippen LogP contribution >= 0.6 is 0 Å². The van der Waals surface area contributed by atoms with Crippen LogP contribution in [0, 0.1) is 17.6 Å². The van der Waals surface area contributed by atoms with Crippen molar-refractivity contribution in [3.8, 4) is 0 Å². The summed E-state index contributed by atoms with van der Waals surface area (Å²) in [4.78, 5) is 21.6. The van der Waals surface area contributed by atoms with E-state index in [4.69, 9.17) is 10.2 Å². The largest absolute Gasteiger partial charge is 0.478 e. The third-order valence-electron chi connectivity index (χ3n) is 6.68. The van der Waals surface area contributed by atoms with Crippen molar-refractivity contribution in [1.82, 2.24) is 4.90 Å². The van der Waals surface area contributed by atoms with Crippen LogP contribution in [0.1, 0.15) is 36.3 Å². The molecule has 0 radical (unpaired) electrons. The van der Waals surface area contributed by atoms with Crippen LogP contribution in [0.3, 0.4) is 0 Å². The summed E-state index contributed by atoms with van der Waals surface area (Å²) in [7, 11) is 0. The summed E-state index contributed by atoms with van der Waals surface area (Å²) in [6.45, 7) is 4.19. The molecule has 0 unspecified atom stereocenters. The number of aliphatic carboxylic acids is 2. The topological polar surface area (TPSA) is 89.9 Å². The molecule has 1 saturated heterocycles. The van der Waals surface area contributed by atoms with Crippen LogP contribution in [0.15, 0.2) is 91.0 Å². The molecule has 0 amide bonds. The average molecular weight is 537 g/mol. The molecule has 1 aliphatic heterocycles. The molecule has 1 heterocycles. The SMILES string of the molecule is Fc1ccc(C(c2ccc(F)cc2)C2CCN(CCCNc3ccccc3)CC2)cc1.O=C(O)/C=C\C(=O)O. The van der Waals surface area contributed by atoms with Crippen LogP contribution in [0.4, 0.5) is 14.5 Å². The van der Waals surface area contributed by atoms with Crippen LogP contribution in [0.5, 0.6) is 0 Å². The van der Waals surface area contributed by atoms with E-state index >= 15 is 0 Å². The fourth-order valence-electron chi connectivity index (χ4n) is 4.82. The zero-order valence-corrected chi connectivity index (χ0v) is 21.7. The van der Waals surface area contributed by atoms with Gasteiger partial charge in [0, 0.05) is 30.3 Å². The number of anilines is 1. The molecule has 0 aliphatic carbocycles. The first-order chi connectivity index (χ1) is 18.8. The quantitative estimate of drug-likeness (QED) is 0.217. The van der Waals surface area contributed by atoms with Crippen molar-refractivity contribution < 1.29 is 28.6 Å². The maximum Gasteiger partial charge on any atom is 0.328 e. The lowest BCUT2D eigenvalue weighted by Crippen LogP contribution is -2.37. The van der Waals surface area contributed by atoms with Crippen molar-refractivity contribution in [2.24, 2.45) is 5.92 Å². The summed E-state index contributed by atoms with van der Waals surface area (Å²) in [5.41, 5.74) is 3.39. The Morgan fingerprint density at radius 3 is 1.77 bits per heavy atom. The van der Waals surface area contributed by atoms with Gasteiger partial charge in [0.1, 0.15) is 11.6 Å². The monoisotopic (exact) mass is 536 g/mol. The maximum absolute atomic E-state index is 13.5. The predicted octanol–water partition coefficient (Wildman–Crippen LogP) is 6.02. The van der Waals surface area contributed by atoms with Gasteiger partial charge in [-0.05, 0) is 92.3 Å². The molecular weight excluding hydrogens is 502 g/mol. The van der Waals surface area contributed by atoms with Crippen molar-refractivity contribution >= 4 is 17.6 Å². The second kappa shape index (κ2) is 15.4. The van der Waals surface area contributed by atoms with E-state index < -0.39 is 11.9 Å². The third kappa shape index (κ3) is 10.3. The third-order valence-corrected chi connectivity index (χ3v) is 6.68. The molecule has 0 spiro atoms. The Morgan fingerprint density at radius 2 is 1.31 bits per heavy atom. The molecule has 4 rings (SSSR count). The van der Waals surface area contributed by atoms with Crippen LogP contribution < -0.4 is 5.32 Å². The summed E-state index contributed by atoms with van der Waals surface area (Å²) in [6.07, 6.45) is 4.40. The Labute approximate surface area is 227 Å². The molecule has 0 saturated carbocycles. The molecule has 39 heavy (non-hydrogen) atoms. The van der Waals surface area contributed by atoms with Gasteiger partial charge in [0.25, 0.3) is 0 Å². The van der Waals surface area contributed by atoms with Crippen LogP contribution in [-0.2, 0) is 9.59 Å². The van der Waals surface area contributed by atoms with Gasteiger partial charge < -0.3 is 20.4 Å². The van der Waals surface area contributed by atoms with Crippen molar-refractivity contribution in [2.75, 3.05) is 31.5 Å². The number of carbonyl (C=O) groups is 2. The molecule has 0 bridgehead atoms. The lowest BCUT2D eigenvalue weighted by atomic mass is 9.76. The van der Waals surface area contributed by atoms with Gasteiger partial charge in [-0.25, -0.2) is 18.4 Å². The summed E-state index contributed by atoms with van der Waals surface area (Å²) >= 11 is 0. The summed E-state index contributed by atoms with van der Waals surface area (Å²) in [6, 6.07) is 23.9. The van der Waals surface area contributed by atoms with E-state index in [9.17, 15) is 18.4 Å². The van der Waals surface area contributed by atoms with Crippen LogP contribution in [0.2, 0.25) is 0 Å². The Bertz CT molecular complexity index is 1130. The average Bonchev–Trinajstić information content (AvgIpc) is 2.94. The minimum Gasteiger partial charge on any atom is -0.478 e. The fraction of sp³-hybridized carbons (Fsp3) is 0.290. The van der Waals surface area contributed by atoms with Crippen molar-refractivity contribution in [2.45, 2.75) is 25.2 Å². The molecule has 0 atom stereocenters. The first-order valence-corrected chi connectivity index (χ1v) is 13.0. The van der Waals surface area contributed by atoms with Gasteiger partial charge in [-0.1, -0.05) is 42.5 Å². The number of halogens is 2. The number of piperidine rings is 1. The van der Waals surface area contributed by atoms with Gasteiger partial charge in [-0.15, -0.1) is 0 Å². The number of carboxylic acid groups (broad SMARTS) is 2. The number of rotatable bonds is 10. The van der Waals surface area contributed by atoms with Gasteiger partial charge in [0.15, 0.2) is 0 Å². The molecule has 1 fully saturated rings. The fourth-order valence-corrected chi connectivity index (χ4v) is 4.82. The molecule has 8 heteroatoms. The highest BCUT2D eigenvalue weighted by atomic mass is 19.1. The molecule has 3 aromatic rings. The smallest absolute Gasteiger partial charge is 0.328 e. The Kier molecular flexibility index (Phi) is 11.6. The van der Waals surface area contributed by atoms with Gasteiger partial charge in [0.2, 0.25) is 0 Å². The second-order valence-electron chi connectivity index (χ2n) is 9.42. The Hall–Kier alpha value is -4.04. The minimum absolute atomic E-state index is 0.170. The lowest BCUT2D eigenvalue weighted by Gasteiger charge is -2.36. The van der Waals surface area contributed by atoms with E-state index in [1.807, 2.05) is 42.5 Å². The second-order valence-corrected chi connectivity index (χ2v) is 9.42. The van der Waals surface area contributed by atoms with Crippen molar-refractivity contribution in [3.63, 3.8) is 0 Å². The van der Waals surface area contributed by atoms with Crippen molar-refractivity contribution in [3.05, 3.63) is 114 Å². The number of para-hydroxylation sites is 1. The van der Waals surface area contributed by atoms with Crippen LogP contribution in [-0.4, -0.2) is 53.2 Å². The highest BCUT2D eigenvalue weighted by Crippen LogP contribution is 2.38. The number of hydrogen-bond donors (Lipinski definition) is 3. The summed E-state index contributed by atoms with van der Waals surface area (Å²) in [5.74, 6) is -2.32. The first kappa shape index (κ1) is 29.5. The first-order valence-electron chi connectivity index (χ1n) is 13.0. The van der Waals surface area contributed by atoms with Crippen LogP contribution in [0.25, 0.3) is 0 Å². The number of nitrogens with zero attached hydrogens (tertiary/aromatic N) is 1. The normalized spacial score (nSPS) is 14.1. The summed E-state index contributed by atoms with van der Waals surface area (Å²) < 4.78 is 27.0. The molecular formula is C31H34F2N2O4. The highest BCUT2D eigenvalue weighted by molar-refractivity contribution is 5.89. The summed E-state index contributed by atoms with van der Waals surface area (Å²) in [5, 5.41) is 19.1. The number of hydrogen-bond acceptors (Lipinski definition) is 4. The van der Waals surface area contributed by atoms with Gasteiger partial charge in [-0.2, -0.15) is 0 Å².